The highest BCUT2D eigenvalue weighted by molar-refractivity contribution is 5.91. The summed E-state index contributed by atoms with van der Waals surface area (Å²) < 4.78 is 2.03. The lowest BCUT2D eigenvalue weighted by Gasteiger charge is -2.15. The molecule has 120 valence electrons. The molecule has 2 N–H and O–H groups in total. The molecule has 1 fully saturated rings. The van der Waals surface area contributed by atoms with E-state index in [-0.39, 0.29) is 17.9 Å². The third kappa shape index (κ3) is 3.39. The fraction of sp³-hybridized carbons (Fsp3) is 0.375. The predicted molar refractivity (Wildman–Crippen MR) is 87.4 cm³/mol. The van der Waals surface area contributed by atoms with Gasteiger partial charge in [-0.05, 0) is 32.4 Å². The maximum absolute atomic E-state index is 12.3. The number of hydrogen-bond donors (Lipinski definition) is 1. The van der Waals surface area contributed by atoms with Crippen molar-refractivity contribution < 1.29 is 4.79 Å². The van der Waals surface area contributed by atoms with Gasteiger partial charge in [0, 0.05) is 42.8 Å². The minimum atomic E-state index is -0.00847. The normalized spacial score (nSPS) is 18.0. The molecule has 1 unspecified atom stereocenters. The largest absolute Gasteiger partial charge is 0.368 e. The Morgan fingerprint density at radius 1 is 1.35 bits per heavy atom. The number of carbonyl (C=O) groups excluding carboxylic acids is 1. The smallest absolute Gasteiger partial charge is 0.246 e. The van der Waals surface area contributed by atoms with Crippen LogP contribution >= 0.6 is 0 Å². The third-order valence-electron chi connectivity index (χ3n) is 3.98. The molecule has 1 atom stereocenters. The van der Waals surface area contributed by atoms with E-state index in [4.69, 9.17) is 5.73 Å². The Bertz CT molecular complexity index is 734. The summed E-state index contributed by atoms with van der Waals surface area (Å²) in [5, 5.41) is 4.52. The van der Waals surface area contributed by atoms with Gasteiger partial charge in [-0.2, -0.15) is 5.10 Å². The predicted octanol–water partition coefficient (Wildman–Crippen LogP) is 1.36. The summed E-state index contributed by atoms with van der Waals surface area (Å²) in [6.07, 6.45) is 7.37. The van der Waals surface area contributed by atoms with Crippen molar-refractivity contribution in [2.24, 2.45) is 0 Å². The van der Waals surface area contributed by atoms with Crippen LogP contribution in [-0.4, -0.2) is 43.6 Å². The van der Waals surface area contributed by atoms with Crippen LogP contribution in [0.2, 0.25) is 0 Å². The summed E-state index contributed by atoms with van der Waals surface area (Å²) in [5.41, 5.74) is 8.33. The molecule has 0 aromatic carbocycles. The van der Waals surface area contributed by atoms with Crippen LogP contribution in [0, 0.1) is 13.8 Å². The van der Waals surface area contributed by atoms with Crippen LogP contribution in [0.15, 0.2) is 24.5 Å². The van der Waals surface area contributed by atoms with Crippen LogP contribution in [0.25, 0.3) is 6.08 Å². The van der Waals surface area contributed by atoms with Gasteiger partial charge in [0.25, 0.3) is 0 Å². The second-order valence-electron chi connectivity index (χ2n) is 5.81. The molecule has 1 aliphatic rings. The van der Waals surface area contributed by atoms with Crippen LogP contribution < -0.4 is 5.73 Å². The van der Waals surface area contributed by atoms with Gasteiger partial charge in [0.05, 0.1) is 11.7 Å². The van der Waals surface area contributed by atoms with Gasteiger partial charge in [0.2, 0.25) is 11.9 Å². The lowest BCUT2D eigenvalue weighted by molar-refractivity contribution is -0.125. The first-order chi connectivity index (χ1) is 11.0. The Kier molecular flexibility index (Phi) is 4.10. The number of nitrogens with zero attached hydrogens (tertiary/aromatic N) is 5. The molecule has 7 nitrogen and oxygen atoms in total. The molecule has 0 spiro atoms. The first-order valence-electron chi connectivity index (χ1n) is 7.60. The monoisotopic (exact) mass is 312 g/mol. The zero-order valence-electron chi connectivity index (χ0n) is 13.3. The van der Waals surface area contributed by atoms with E-state index in [9.17, 15) is 4.79 Å². The third-order valence-corrected chi connectivity index (χ3v) is 3.98. The second-order valence-corrected chi connectivity index (χ2v) is 5.81. The number of nitrogen functional groups attached to an aromatic ring is 1. The highest BCUT2D eigenvalue weighted by Gasteiger charge is 2.27. The van der Waals surface area contributed by atoms with Crippen molar-refractivity contribution in [1.29, 1.82) is 0 Å². The number of rotatable bonds is 3. The highest BCUT2D eigenvalue weighted by atomic mass is 16.2. The maximum Gasteiger partial charge on any atom is 0.246 e. The standard InChI is InChI=1S/C16H20N6O/c1-11-7-12(2)22(20-11)14-5-6-21(10-14)15(23)4-3-13-8-18-16(17)19-9-13/h3-4,7-9,14H,5-6,10H2,1-2H3,(H2,17,18,19)/b4-3+. The van der Waals surface area contributed by atoms with E-state index in [1.165, 1.54) is 0 Å². The van der Waals surface area contributed by atoms with Crippen molar-refractivity contribution in [2.45, 2.75) is 26.3 Å². The van der Waals surface area contributed by atoms with E-state index in [0.29, 0.717) is 6.54 Å². The van der Waals surface area contributed by atoms with Crippen molar-refractivity contribution in [3.63, 3.8) is 0 Å². The fourth-order valence-electron chi connectivity index (χ4n) is 2.86. The van der Waals surface area contributed by atoms with Gasteiger partial charge in [0.15, 0.2) is 0 Å². The minimum Gasteiger partial charge on any atom is -0.368 e. The lowest BCUT2D eigenvalue weighted by atomic mass is 10.2. The van der Waals surface area contributed by atoms with Crippen LogP contribution in [0.3, 0.4) is 0 Å². The molecule has 0 aliphatic carbocycles. The Labute approximate surface area is 134 Å². The maximum atomic E-state index is 12.3. The molecule has 7 heteroatoms. The van der Waals surface area contributed by atoms with Gasteiger partial charge in [-0.3, -0.25) is 9.48 Å². The molecule has 23 heavy (non-hydrogen) atoms. The van der Waals surface area contributed by atoms with Crippen molar-refractivity contribution in [1.82, 2.24) is 24.6 Å². The molecule has 3 heterocycles. The van der Waals surface area contributed by atoms with Gasteiger partial charge < -0.3 is 10.6 Å². The zero-order valence-corrected chi connectivity index (χ0v) is 13.3. The molecule has 2 aromatic rings. The number of carbonyl (C=O) groups is 1. The lowest BCUT2D eigenvalue weighted by Crippen LogP contribution is -2.27. The summed E-state index contributed by atoms with van der Waals surface area (Å²) in [6.45, 7) is 5.46. The Balaban J connectivity index is 1.63. The van der Waals surface area contributed by atoms with Crippen LogP contribution in [-0.2, 0) is 4.79 Å². The minimum absolute atomic E-state index is 0.00847. The number of aromatic nitrogens is 4. The molecule has 0 bridgehead atoms. The molecule has 3 rings (SSSR count). The van der Waals surface area contributed by atoms with Gasteiger partial charge in [-0.1, -0.05) is 0 Å². The van der Waals surface area contributed by atoms with E-state index in [1.807, 2.05) is 23.4 Å². The zero-order chi connectivity index (χ0) is 16.4. The number of nitrogens with two attached hydrogens (primary N) is 1. The van der Waals surface area contributed by atoms with Gasteiger partial charge in [0.1, 0.15) is 0 Å². The molecular weight excluding hydrogens is 292 g/mol. The van der Waals surface area contributed by atoms with Crippen LogP contribution in [0.4, 0.5) is 5.95 Å². The molecule has 2 aromatic heterocycles. The summed E-state index contributed by atoms with van der Waals surface area (Å²) in [5.74, 6) is 0.214. The van der Waals surface area contributed by atoms with E-state index < -0.39 is 0 Å². The Morgan fingerprint density at radius 3 is 2.74 bits per heavy atom. The van der Waals surface area contributed by atoms with E-state index in [2.05, 4.69) is 21.1 Å². The number of hydrogen-bond acceptors (Lipinski definition) is 5. The quantitative estimate of drug-likeness (QED) is 0.864. The summed E-state index contributed by atoms with van der Waals surface area (Å²) in [7, 11) is 0. The number of aryl methyl sites for hydroxylation is 2. The number of likely N-dealkylation sites (tertiary alicyclic amines) is 1. The number of amides is 1. The second kappa shape index (κ2) is 6.20. The SMILES string of the molecule is Cc1cc(C)n(C2CCN(C(=O)/C=C/c3cnc(N)nc3)C2)n1. The molecule has 0 saturated carbocycles. The summed E-state index contributed by atoms with van der Waals surface area (Å²) in [4.78, 5) is 21.9. The molecule has 1 aliphatic heterocycles. The summed E-state index contributed by atoms with van der Waals surface area (Å²) in [6, 6.07) is 2.31. The van der Waals surface area contributed by atoms with Crippen molar-refractivity contribution in [3.8, 4) is 0 Å². The average molecular weight is 312 g/mol. The summed E-state index contributed by atoms with van der Waals surface area (Å²) >= 11 is 0. The highest BCUT2D eigenvalue weighted by Crippen LogP contribution is 2.23. The average Bonchev–Trinajstić information content (AvgIpc) is 3.13. The molecule has 1 saturated heterocycles. The van der Waals surface area contributed by atoms with Crippen molar-refractivity contribution in [2.75, 3.05) is 18.8 Å². The van der Waals surface area contributed by atoms with Crippen LogP contribution in [0.1, 0.15) is 29.4 Å². The van der Waals surface area contributed by atoms with Gasteiger partial charge in [-0.15, -0.1) is 0 Å². The van der Waals surface area contributed by atoms with Crippen molar-refractivity contribution >= 4 is 17.9 Å². The van der Waals surface area contributed by atoms with Gasteiger partial charge >= 0.3 is 0 Å². The molecular formula is C16H20N6O. The fourth-order valence-corrected chi connectivity index (χ4v) is 2.86. The first-order valence-corrected chi connectivity index (χ1v) is 7.60. The Morgan fingerprint density at radius 2 is 2.09 bits per heavy atom. The number of anilines is 1. The van der Waals surface area contributed by atoms with E-state index in [1.54, 1.807) is 24.5 Å². The molecule has 1 amide bonds. The van der Waals surface area contributed by atoms with Crippen molar-refractivity contribution in [3.05, 3.63) is 41.5 Å². The molecule has 0 radical (unpaired) electrons. The van der Waals surface area contributed by atoms with Crippen LogP contribution in [0.5, 0.6) is 0 Å². The van der Waals surface area contributed by atoms with E-state index in [0.717, 1.165) is 29.9 Å². The first kappa shape index (κ1) is 15.2. The Hall–Kier alpha value is -2.70. The van der Waals surface area contributed by atoms with E-state index >= 15 is 0 Å². The topological polar surface area (TPSA) is 89.9 Å². The van der Waals surface area contributed by atoms with Gasteiger partial charge in [-0.25, -0.2) is 9.97 Å².